The van der Waals surface area contributed by atoms with Crippen molar-refractivity contribution >= 4 is 21.9 Å². The lowest BCUT2D eigenvalue weighted by molar-refractivity contribution is 0.306. The van der Waals surface area contributed by atoms with Crippen molar-refractivity contribution in [3.05, 3.63) is 52.3 Å². The molecule has 0 aliphatic rings. The molecule has 2 atom stereocenters. The van der Waals surface area contributed by atoms with Crippen LogP contribution in [0.3, 0.4) is 0 Å². The molecular weight excluding hydrogens is 392 g/mol. The molecule has 0 spiro atoms. The molecule has 26 heavy (non-hydrogen) atoms. The minimum Gasteiger partial charge on any atom is -0.357 e. The molecule has 2 rings (SSSR count). The van der Waals surface area contributed by atoms with Crippen LogP contribution < -0.4 is 10.6 Å². The lowest BCUT2D eigenvalue weighted by Gasteiger charge is -2.23. The van der Waals surface area contributed by atoms with Gasteiger partial charge in [-0.3, -0.25) is 9.67 Å². The second-order valence-electron chi connectivity index (χ2n) is 6.53. The molecule has 1 heterocycles. The molecule has 142 valence electrons. The van der Waals surface area contributed by atoms with Crippen LogP contribution in [-0.4, -0.2) is 47.8 Å². The summed E-state index contributed by atoms with van der Waals surface area (Å²) in [6.45, 7) is 5.67. The largest absolute Gasteiger partial charge is 0.357 e. The third-order valence-corrected chi connectivity index (χ3v) is 4.95. The van der Waals surface area contributed by atoms with E-state index in [4.69, 9.17) is 4.99 Å². The molecule has 0 bridgehead atoms. The summed E-state index contributed by atoms with van der Waals surface area (Å²) < 4.78 is 2.92. The Morgan fingerprint density at radius 3 is 2.65 bits per heavy atom. The Morgan fingerprint density at radius 2 is 2.08 bits per heavy atom. The van der Waals surface area contributed by atoms with Gasteiger partial charge in [0.1, 0.15) is 0 Å². The first-order valence-electron chi connectivity index (χ1n) is 8.86. The first-order valence-corrected chi connectivity index (χ1v) is 9.66. The molecule has 0 radical (unpaired) electrons. The van der Waals surface area contributed by atoms with Gasteiger partial charge in [-0.25, -0.2) is 0 Å². The predicted molar refractivity (Wildman–Crippen MR) is 111 cm³/mol. The molecule has 7 heteroatoms. The molecule has 1 aromatic carbocycles. The third-order valence-electron chi connectivity index (χ3n) is 4.22. The second kappa shape index (κ2) is 9.73. The number of hydrogen-bond donors (Lipinski definition) is 2. The quantitative estimate of drug-likeness (QED) is 0.533. The van der Waals surface area contributed by atoms with Crippen LogP contribution in [0.15, 0.2) is 46.1 Å². The van der Waals surface area contributed by atoms with Gasteiger partial charge in [0.25, 0.3) is 0 Å². The lowest BCUT2D eigenvalue weighted by Crippen LogP contribution is -2.39. The van der Waals surface area contributed by atoms with E-state index in [1.807, 2.05) is 36.3 Å². The summed E-state index contributed by atoms with van der Waals surface area (Å²) in [5.41, 5.74) is 2.37. The first-order chi connectivity index (χ1) is 12.4. The number of halogens is 1. The molecule has 0 saturated carbocycles. The summed E-state index contributed by atoms with van der Waals surface area (Å²) in [6, 6.07) is 8.56. The number of likely N-dealkylation sites (N-methyl/N-ethyl adjacent to an activating group) is 1. The Labute approximate surface area is 164 Å². The van der Waals surface area contributed by atoms with Gasteiger partial charge in [0, 0.05) is 29.8 Å². The fourth-order valence-electron chi connectivity index (χ4n) is 2.79. The van der Waals surface area contributed by atoms with Gasteiger partial charge in [-0.1, -0.05) is 34.1 Å². The van der Waals surface area contributed by atoms with Gasteiger partial charge in [-0.15, -0.1) is 0 Å². The molecule has 2 unspecified atom stereocenters. The highest BCUT2D eigenvalue weighted by atomic mass is 79.9. The van der Waals surface area contributed by atoms with E-state index in [-0.39, 0.29) is 12.1 Å². The van der Waals surface area contributed by atoms with Crippen molar-refractivity contribution in [2.75, 3.05) is 27.2 Å². The summed E-state index contributed by atoms with van der Waals surface area (Å²) >= 11 is 3.62. The lowest BCUT2D eigenvalue weighted by atomic mass is 10.1. The second-order valence-corrected chi connectivity index (χ2v) is 7.39. The Balaban J connectivity index is 2.13. The maximum Gasteiger partial charge on any atom is 0.191 e. The Morgan fingerprint density at radius 1 is 1.35 bits per heavy atom. The predicted octanol–water partition coefficient (Wildman–Crippen LogP) is 3.10. The number of rotatable bonds is 7. The molecule has 1 aromatic heterocycles. The van der Waals surface area contributed by atoms with Crippen LogP contribution in [0.2, 0.25) is 0 Å². The first kappa shape index (κ1) is 20.5. The molecular formula is C19H29BrN6. The summed E-state index contributed by atoms with van der Waals surface area (Å²) in [5, 5.41) is 11.1. The number of aryl methyl sites for hydroxylation is 1. The van der Waals surface area contributed by atoms with Crippen molar-refractivity contribution < 1.29 is 0 Å². The van der Waals surface area contributed by atoms with Gasteiger partial charge in [-0.2, -0.15) is 5.10 Å². The van der Waals surface area contributed by atoms with Crippen LogP contribution in [0.5, 0.6) is 0 Å². The number of hydrogen-bond acceptors (Lipinski definition) is 3. The van der Waals surface area contributed by atoms with E-state index in [0.29, 0.717) is 6.54 Å². The van der Waals surface area contributed by atoms with Crippen LogP contribution in [-0.2, 0) is 7.05 Å². The van der Waals surface area contributed by atoms with Gasteiger partial charge >= 0.3 is 0 Å². The van der Waals surface area contributed by atoms with Gasteiger partial charge in [0.2, 0.25) is 0 Å². The number of guanidine groups is 1. The van der Waals surface area contributed by atoms with Gasteiger partial charge in [-0.05, 0) is 39.6 Å². The number of benzene rings is 1. The molecule has 0 amide bonds. The number of nitrogens with zero attached hydrogens (tertiary/aromatic N) is 4. The van der Waals surface area contributed by atoms with Gasteiger partial charge in [0.15, 0.2) is 5.96 Å². The van der Waals surface area contributed by atoms with E-state index < -0.39 is 0 Å². The van der Waals surface area contributed by atoms with E-state index >= 15 is 0 Å². The fourth-order valence-corrected chi connectivity index (χ4v) is 3.41. The van der Waals surface area contributed by atoms with Crippen molar-refractivity contribution in [3.63, 3.8) is 0 Å². The van der Waals surface area contributed by atoms with Crippen molar-refractivity contribution in [2.45, 2.75) is 25.9 Å². The molecule has 6 nitrogen and oxygen atoms in total. The minimum absolute atomic E-state index is 0.138. The molecule has 0 aliphatic carbocycles. The van der Waals surface area contributed by atoms with E-state index in [1.54, 1.807) is 0 Å². The highest BCUT2D eigenvalue weighted by molar-refractivity contribution is 9.10. The van der Waals surface area contributed by atoms with E-state index in [1.165, 1.54) is 5.56 Å². The average Bonchev–Trinajstić information content (AvgIpc) is 3.01. The summed E-state index contributed by atoms with van der Waals surface area (Å²) in [7, 11) is 6.07. The highest BCUT2D eigenvalue weighted by Crippen LogP contribution is 2.23. The number of nitrogens with one attached hydrogen (secondary N) is 2. The van der Waals surface area contributed by atoms with Gasteiger partial charge < -0.3 is 15.5 Å². The zero-order chi connectivity index (χ0) is 19.1. The van der Waals surface area contributed by atoms with Crippen molar-refractivity contribution in [1.29, 1.82) is 0 Å². The molecule has 0 aliphatic heterocycles. The topological polar surface area (TPSA) is 57.5 Å². The Bertz CT molecular complexity index is 724. The standard InChI is InChI=1S/C19H29BrN6/c1-6-21-19(24-14(2)16-9-7-8-10-17(16)20)22-12-18(25(3)4)15-11-23-26(5)13-15/h7-11,13-14,18H,6,12H2,1-5H3,(H2,21,22,24). The Hall–Kier alpha value is -1.86. The van der Waals surface area contributed by atoms with E-state index in [9.17, 15) is 0 Å². The van der Waals surface area contributed by atoms with E-state index in [2.05, 4.69) is 76.6 Å². The summed E-state index contributed by atoms with van der Waals surface area (Å²) in [6.07, 6.45) is 3.95. The minimum atomic E-state index is 0.138. The maximum atomic E-state index is 4.82. The molecule has 2 N–H and O–H groups in total. The van der Waals surface area contributed by atoms with Crippen LogP contribution in [0.4, 0.5) is 0 Å². The van der Waals surface area contributed by atoms with Crippen molar-refractivity contribution in [2.24, 2.45) is 12.0 Å². The molecule has 2 aromatic rings. The SMILES string of the molecule is CCNC(=NCC(c1cnn(C)c1)N(C)C)NC(C)c1ccccc1Br. The number of aliphatic imine (C=N–C) groups is 1. The van der Waals surface area contributed by atoms with E-state index in [0.717, 1.165) is 22.5 Å². The van der Waals surface area contributed by atoms with Crippen LogP contribution in [0.25, 0.3) is 0 Å². The smallest absolute Gasteiger partial charge is 0.191 e. The van der Waals surface area contributed by atoms with Crippen LogP contribution in [0.1, 0.15) is 37.1 Å². The van der Waals surface area contributed by atoms with Gasteiger partial charge in [0.05, 0.1) is 24.8 Å². The monoisotopic (exact) mass is 420 g/mol. The third kappa shape index (κ3) is 5.57. The van der Waals surface area contributed by atoms with Crippen LogP contribution in [0, 0.1) is 0 Å². The Kier molecular flexibility index (Phi) is 7.66. The zero-order valence-electron chi connectivity index (χ0n) is 16.2. The van der Waals surface area contributed by atoms with Crippen molar-refractivity contribution in [1.82, 2.24) is 25.3 Å². The fraction of sp³-hybridized carbons (Fsp3) is 0.474. The molecule has 0 saturated heterocycles. The average molecular weight is 421 g/mol. The van der Waals surface area contributed by atoms with Crippen LogP contribution >= 0.6 is 15.9 Å². The summed E-state index contributed by atoms with van der Waals surface area (Å²) in [4.78, 5) is 6.98. The summed E-state index contributed by atoms with van der Waals surface area (Å²) in [5.74, 6) is 0.812. The number of aromatic nitrogens is 2. The molecule has 0 fully saturated rings. The highest BCUT2D eigenvalue weighted by Gasteiger charge is 2.16. The zero-order valence-corrected chi connectivity index (χ0v) is 17.8. The van der Waals surface area contributed by atoms with Crippen molar-refractivity contribution in [3.8, 4) is 0 Å². The normalized spacial score (nSPS) is 14.3. The maximum absolute atomic E-state index is 4.82.